The zero-order valence-corrected chi connectivity index (χ0v) is 7.15. The Morgan fingerprint density at radius 3 is 1.80 bits per heavy atom. The van der Waals surface area contributed by atoms with Crippen LogP contribution >= 0.6 is 0 Å². The molecule has 0 rings (SSSR count). The average molecular weight is 239 g/mol. The van der Waals surface area contributed by atoms with E-state index in [2.05, 4.69) is 9.47 Å². The number of alkyl halides is 6. The standard InChI is InChI=1S/C6H5F6O3/c1-2-14-4(13)15-3(5(7,8)9)6(10,11)12/h2-3H,1H3. The molecule has 0 heterocycles. The molecule has 3 nitrogen and oxygen atoms in total. The van der Waals surface area contributed by atoms with E-state index in [1.54, 1.807) is 0 Å². The van der Waals surface area contributed by atoms with Crippen molar-refractivity contribution in [3.63, 3.8) is 0 Å². The lowest BCUT2D eigenvalue weighted by Crippen LogP contribution is -2.45. The highest BCUT2D eigenvalue weighted by Crippen LogP contribution is 2.35. The fraction of sp³-hybridized carbons (Fsp3) is 0.667. The Bertz CT molecular complexity index is 206. The maximum Gasteiger partial charge on any atom is 0.509 e. The molecule has 0 N–H and O–H groups in total. The summed E-state index contributed by atoms with van der Waals surface area (Å²) in [6.07, 6.45) is -17.7. The van der Waals surface area contributed by atoms with Gasteiger partial charge in [0.25, 0.3) is 6.10 Å². The second-order valence-corrected chi connectivity index (χ2v) is 2.18. The summed E-state index contributed by atoms with van der Waals surface area (Å²) in [5, 5.41) is 0. The van der Waals surface area contributed by atoms with Crippen molar-refractivity contribution in [2.75, 3.05) is 0 Å². The predicted molar refractivity (Wildman–Crippen MR) is 33.4 cm³/mol. The zero-order chi connectivity index (χ0) is 12.3. The first-order chi connectivity index (χ1) is 6.59. The summed E-state index contributed by atoms with van der Waals surface area (Å²) in [7, 11) is 0. The van der Waals surface area contributed by atoms with Crippen LogP contribution in [0.3, 0.4) is 0 Å². The van der Waals surface area contributed by atoms with Crippen LogP contribution < -0.4 is 0 Å². The van der Waals surface area contributed by atoms with Crippen LogP contribution in [0.1, 0.15) is 6.92 Å². The zero-order valence-electron chi connectivity index (χ0n) is 7.15. The number of hydrogen-bond acceptors (Lipinski definition) is 3. The highest BCUT2D eigenvalue weighted by atomic mass is 19.4. The van der Waals surface area contributed by atoms with Crippen LogP contribution in [-0.2, 0) is 9.47 Å². The van der Waals surface area contributed by atoms with Gasteiger partial charge in [-0.15, -0.1) is 0 Å². The van der Waals surface area contributed by atoms with Crippen LogP contribution in [-0.4, -0.2) is 24.6 Å². The molecular weight excluding hydrogens is 234 g/mol. The SMILES string of the molecule is C[CH]OC(=O)OC(C(F)(F)F)C(F)(F)F. The van der Waals surface area contributed by atoms with E-state index in [-0.39, 0.29) is 0 Å². The Balaban J connectivity index is 4.62. The summed E-state index contributed by atoms with van der Waals surface area (Å²) in [6.45, 7) is 1.67. The largest absolute Gasteiger partial charge is 0.509 e. The molecule has 0 aliphatic carbocycles. The minimum absolute atomic E-state index is 0.589. The second-order valence-electron chi connectivity index (χ2n) is 2.18. The molecule has 1 radical (unpaired) electrons. The molecule has 0 aromatic heterocycles. The Kier molecular flexibility index (Phi) is 4.23. The van der Waals surface area contributed by atoms with Crippen LogP contribution in [0.5, 0.6) is 0 Å². The van der Waals surface area contributed by atoms with Gasteiger partial charge in [-0.3, -0.25) is 0 Å². The number of hydrogen-bond donors (Lipinski definition) is 0. The molecule has 0 atom stereocenters. The Morgan fingerprint density at radius 2 is 1.53 bits per heavy atom. The normalized spacial score (nSPS) is 12.8. The first-order valence-electron chi connectivity index (χ1n) is 3.37. The van der Waals surface area contributed by atoms with Gasteiger partial charge in [0.15, 0.2) is 0 Å². The molecule has 0 aromatic carbocycles. The third kappa shape index (κ3) is 4.75. The highest BCUT2D eigenvalue weighted by molar-refractivity contribution is 5.60. The van der Waals surface area contributed by atoms with Crippen molar-refractivity contribution in [1.29, 1.82) is 0 Å². The van der Waals surface area contributed by atoms with Gasteiger partial charge in [-0.1, -0.05) is 0 Å². The number of halogens is 6. The first kappa shape index (κ1) is 13.8. The fourth-order valence-electron chi connectivity index (χ4n) is 0.539. The van der Waals surface area contributed by atoms with E-state index < -0.39 is 24.6 Å². The van der Waals surface area contributed by atoms with E-state index in [9.17, 15) is 31.1 Å². The van der Waals surface area contributed by atoms with Crippen molar-refractivity contribution in [1.82, 2.24) is 0 Å². The third-order valence-corrected chi connectivity index (χ3v) is 1.02. The quantitative estimate of drug-likeness (QED) is 0.549. The first-order valence-corrected chi connectivity index (χ1v) is 3.37. The van der Waals surface area contributed by atoms with Gasteiger partial charge >= 0.3 is 18.5 Å². The van der Waals surface area contributed by atoms with Crippen LogP contribution in [0.15, 0.2) is 0 Å². The Morgan fingerprint density at radius 1 is 1.13 bits per heavy atom. The third-order valence-electron chi connectivity index (χ3n) is 1.02. The second kappa shape index (κ2) is 4.58. The number of rotatable bonds is 2. The summed E-state index contributed by atoms with van der Waals surface area (Å²) in [5.74, 6) is 0. The van der Waals surface area contributed by atoms with Gasteiger partial charge in [0.1, 0.15) is 6.61 Å². The number of carbonyl (C=O) groups excluding carboxylic acids is 1. The van der Waals surface area contributed by atoms with Crippen LogP contribution in [0, 0.1) is 6.61 Å². The van der Waals surface area contributed by atoms with Gasteiger partial charge in [-0.25, -0.2) is 4.79 Å². The lowest BCUT2D eigenvalue weighted by molar-refractivity contribution is -0.310. The van der Waals surface area contributed by atoms with Gasteiger partial charge in [0.05, 0.1) is 0 Å². The predicted octanol–water partition coefficient (Wildman–Crippen LogP) is 2.81. The molecule has 89 valence electrons. The topological polar surface area (TPSA) is 35.5 Å². The summed E-state index contributed by atoms with van der Waals surface area (Å²) >= 11 is 0. The van der Waals surface area contributed by atoms with Crippen molar-refractivity contribution in [2.45, 2.75) is 25.4 Å². The molecule has 0 saturated heterocycles. The van der Waals surface area contributed by atoms with E-state index in [4.69, 9.17) is 0 Å². The van der Waals surface area contributed by atoms with Gasteiger partial charge < -0.3 is 9.47 Å². The molecular formula is C6H5F6O3. The summed E-state index contributed by atoms with van der Waals surface area (Å²) in [4.78, 5) is 10.3. The number of carbonyl (C=O) groups is 1. The van der Waals surface area contributed by atoms with E-state index in [1.807, 2.05) is 0 Å². The molecule has 0 aliphatic rings. The highest BCUT2D eigenvalue weighted by Gasteiger charge is 2.60. The molecule has 0 aromatic rings. The van der Waals surface area contributed by atoms with Gasteiger partial charge in [-0.2, -0.15) is 26.3 Å². The summed E-state index contributed by atoms with van der Waals surface area (Å²) in [5.41, 5.74) is 0. The van der Waals surface area contributed by atoms with Crippen LogP contribution in [0.2, 0.25) is 0 Å². The van der Waals surface area contributed by atoms with Crippen LogP contribution in [0.25, 0.3) is 0 Å². The number of ether oxygens (including phenoxy) is 2. The Hall–Kier alpha value is -1.15. The van der Waals surface area contributed by atoms with Crippen molar-refractivity contribution in [2.24, 2.45) is 0 Å². The van der Waals surface area contributed by atoms with Gasteiger partial charge in [0.2, 0.25) is 0 Å². The van der Waals surface area contributed by atoms with Crippen molar-refractivity contribution in [3.05, 3.63) is 6.61 Å². The molecule has 15 heavy (non-hydrogen) atoms. The molecule has 0 saturated carbocycles. The van der Waals surface area contributed by atoms with E-state index in [1.165, 1.54) is 0 Å². The molecule has 0 bridgehead atoms. The summed E-state index contributed by atoms with van der Waals surface area (Å²) in [6, 6.07) is 0. The van der Waals surface area contributed by atoms with E-state index >= 15 is 0 Å². The fourth-order valence-corrected chi connectivity index (χ4v) is 0.539. The molecule has 0 spiro atoms. The van der Waals surface area contributed by atoms with E-state index in [0.29, 0.717) is 6.61 Å². The maximum absolute atomic E-state index is 11.8. The van der Waals surface area contributed by atoms with Crippen molar-refractivity contribution >= 4 is 6.16 Å². The van der Waals surface area contributed by atoms with Crippen molar-refractivity contribution < 1.29 is 40.6 Å². The van der Waals surface area contributed by atoms with E-state index in [0.717, 1.165) is 6.92 Å². The monoisotopic (exact) mass is 239 g/mol. The van der Waals surface area contributed by atoms with Crippen molar-refractivity contribution in [3.8, 4) is 0 Å². The smallest absolute Gasteiger partial charge is 0.427 e. The minimum atomic E-state index is -5.73. The Labute approximate surface area is 79.9 Å². The molecule has 0 unspecified atom stereocenters. The molecule has 0 aliphatic heterocycles. The molecule has 0 amide bonds. The van der Waals surface area contributed by atoms with Gasteiger partial charge in [0, 0.05) is 0 Å². The molecule has 9 heteroatoms. The summed E-state index contributed by atoms with van der Waals surface area (Å²) < 4.78 is 77.3. The average Bonchev–Trinajstić information content (AvgIpc) is 1.96. The van der Waals surface area contributed by atoms with Crippen LogP contribution in [0.4, 0.5) is 31.1 Å². The van der Waals surface area contributed by atoms with Gasteiger partial charge in [-0.05, 0) is 6.92 Å². The lowest BCUT2D eigenvalue weighted by Gasteiger charge is -2.21. The maximum atomic E-state index is 11.8. The molecule has 0 fully saturated rings. The minimum Gasteiger partial charge on any atom is -0.427 e. The lowest BCUT2D eigenvalue weighted by atomic mass is 10.3.